The zero-order chi connectivity index (χ0) is 14.6. The highest BCUT2D eigenvalue weighted by atomic mass is 32.2. The van der Waals surface area contributed by atoms with Crippen molar-refractivity contribution >= 4 is 28.8 Å². The summed E-state index contributed by atoms with van der Waals surface area (Å²) in [6.45, 7) is 9.31. The first kappa shape index (κ1) is 17.0. The van der Waals surface area contributed by atoms with Gasteiger partial charge in [-0.25, -0.2) is 0 Å². The van der Waals surface area contributed by atoms with Crippen LogP contribution in [-0.2, 0) is 14.4 Å². The van der Waals surface area contributed by atoms with Gasteiger partial charge >= 0.3 is 5.97 Å². The minimum atomic E-state index is -1.14. The van der Waals surface area contributed by atoms with E-state index in [0.29, 0.717) is 6.54 Å². The molecule has 0 aromatic rings. The number of hydrogen-bond acceptors (Lipinski definition) is 4. The van der Waals surface area contributed by atoms with Crippen molar-refractivity contribution in [2.24, 2.45) is 5.41 Å². The highest BCUT2D eigenvalue weighted by Crippen LogP contribution is 2.26. The molecule has 0 aromatic carbocycles. The number of carbonyl (C=O) groups excluding carboxylic acids is 2. The Morgan fingerprint density at radius 1 is 1.11 bits per heavy atom. The molecule has 104 valence electrons. The molecule has 0 heterocycles. The number of carboxylic acids is 1. The fourth-order valence-electron chi connectivity index (χ4n) is 1.06. The lowest BCUT2D eigenvalue weighted by atomic mass is 9.95. The zero-order valence-electron chi connectivity index (χ0n) is 11.5. The molecule has 0 unspecified atom stereocenters. The van der Waals surface area contributed by atoms with E-state index in [9.17, 15) is 14.4 Å². The van der Waals surface area contributed by atoms with Crippen molar-refractivity contribution in [3.05, 3.63) is 0 Å². The van der Waals surface area contributed by atoms with Crippen molar-refractivity contribution in [2.45, 2.75) is 45.8 Å². The Hall–Kier alpha value is -1.04. The number of thioether (sulfide) groups is 1. The van der Waals surface area contributed by atoms with Crippen LogP contribution in [0.3, 0.4) is 0 Å². The van der Waals surface area contributed by atoms with Crippen molar-refractivity contribution in [3.8, 4) is 0 Å². The number of hydrogen-bond donors (Lipinski definition) is 2. The molecule has 18 heavy (non-hydrogen) atoms. The van der Waals surface area contributed by atoms with E-state index in [-0.39, 0.29) is 5.91 Å². The third kappa shape index (κ3) is 7.32. The molecule has 0 bridgehead atoms. The predicted molar refractivity (Wildman–Crippen MR) is 71.4 cm³/mol. The molecule has 0 aliphatic heterocycles. The summed E-state index contributed by atoms with van der Waals surface area (Å²) in [6, 6.07) is 0. The van der Waals surface area contributed by atoms with Gasteiger partial charge in [-0.2, -0.15) is 0 Å². The van der Waals surface area contributed by atoms with Gasteiger partial charge in [0.25, 0.3) is 0 Å². The van der Waals surface area contributed by atoms with E-state index >= 15 is 0 Å². The minimum absolute atomic E-state index is 0.0955. The highest BCUT2D eigenvalue weighted by Gasteiger charge is 2.27. The summed E-state index contributed by atoms with van der Waals surface area (Å²) in [5.41, 5.74) is -0.480. The lowest BCUT2D eigenvalue weighted by Gasteiger charge is -2.26. The average Bonchev–Trinajstić information content (AvgIpc) is 2.09. The van der Waals surface area contributed by atoms with Crippen LogP contribution in [0.4, 0.5) is 0 Å². The Bertz CT molecular complexity index is 344. The first-order valence-electron chi connectivity index (χ1n) is 5.66. The van der Waals surface area contributed by atoms with Crippen LogP contribution >= 0.6 is 11.8 Å². The second kappa shape index (κ2) is 6.22. The van der Waals surface area contributed by atoms with Crippen molar-refractivity contribution in [1.29, 1.82) is 0 Å². The quantitative estimate of drug-likeness (QED) is 0.746. The second-order valence-electron chi connectivity index (χ2n) is 5.74. The van der Waals surface area contributed by atoms with Gasteiger partial charge < -0.3 is 10.4 Å². The van der Waals surface area contributed by atoms with Crippen LogP contribution in [0, 0.1) is 5.41 Å². The zero-order valence-corrected chi connectivity index (χ0v) is 12.3. The maximum absolute atomic E-state index is 11.7. The maximum atomic E-state index is 11.7. The summed E-state index contributed by atoms with van der Waals surface area (Å²) in [6.07, 6.45) is -0.499. The standard InChI is InChI=1S/C12H21NO4S/c1-11(2,3)10(17)13-7-12(4,5)18-9(16)6-8(14)15/h6-7H2,1-5H3,(H,13,17)(H,14,15). The Balaban J connectivity index is 4.28. The molecule has 6 heteroatoms. The van der Waals surface area contributed by atoms with Crippen LogP contribution in [0.25, 0.3) is 0 Å². The third-order valence-electron chi connectivity index (χ3n) is 2.04. The van der Waals surface area contributed by atoms with Gasteiger partial charge in [-0.05, 0) is 13.8 Å². The van der Waals surface area contributed by atoms with Gasteiger partial charge in [0.1, 0.15) is 6.42 Å². The second-order valence-corrected chi connectivity index (χ2v) is 7.50. The maximum Gasteiger partial charge on any atom is 0.311 e. The predicted octanol–water partition coefficient (Wildman–Crippen LogP) is 1.66. The summed E-state index contributed by atoms with van der Waals surface area (Å²) in [5, 5.41) is 10.9. The van der Waals surface area contributed by atoms with Crippen LogP contribution in [-0.4, -0.2) is 33.4 Å². The van der Waals surface area contributed by atoms with E-state index in [2.05, 4.69) is 5.32 Å². The molecule has 0 atom stereocenters. The molecule has 0 saturated carbocycles. The first-order valence-corrected chi connectivity index (χ1v) is 6.47. The van der Waals surface area contributed by atoms with Crippen LogP contribution in [0.15, 0.2) is 0 Å². The monoisotopic (exact) mass is 275 g/mol. The molecular formula is C12H21NO4S. The summed E-state index contributed by atoms with van der Waals surface area (Å²) in [5.74, 6) is -1.23. The van der Waals surface area contributed by atoms with E-state index < -0.39 is 27.7 Å². The van der Waals surface area contributed by atoms with E-state index in [1.807, 2.05) is 0 Å². The lowest BCUT2D eigenvalue weighted by molar-refractivity contribution is -0.138. The molecule has 0 fully saturated rings. The number of rotatable bonds is 5. The Morgan fingerprint density at radius 3 is 2.00 bits per heavy atom. The number of carboxylic acid groups (broad SMARTS) is 1. The molecule has 0 spiro atoms. The van der Waals surface area contributed by atoms with Gasteiger partial charge in [0.15, 0.2) is 0 Å². The number of nitrogens with one attached hydrogen (secondary N) is 1. The van der Waals surface area contributed by atoms with Crippen LogP contribution in [0.5, 0.6) is 0 Å². The number of aliphatic carboxylic acids is 1. The lowest BCUT2D eigenvalue weighted by Crippen LogP contribution is -2.42. The molecule has 0 radical (unpaired) electrons. The Labute approximate surface area is 112 Å². The van der Waals surface area contributed by atoms with E-state index in [4.69, 9.17) is 5.11 Å². The topological polar surface area (TPSA) is 83.5 Å². The average molecular weight is 275 g/mol. The van der Waals surface area contributed by atoms with E-state index in [1.165, 1.54) is 0 Å². The van der Waals surface area contributed by atoms with Crippen LogP contribution in [0.2, 0.25) is 0 Å². The summed E-state index contributed by atoms with van der Waals surface area (Å²) in [7, 11) is 0. The molecule has 2 N–H and O–H groups in total. The van der Waals surface area contributed by atoms with E-state index in [1.54, 1.807) is 34.6 Å². The number of carbonyl (C=O) groups is 3. The van der Waals surface area contributed by atoms with Gasteiger partial charge in [0.05, 0.1) is 0 Å². The van der Waals surface area contributed by atoms with Crippen molar-refractivity contribution in [3.63, 3.8) is 0 Å². The molecule has 0 saturated heterocycles. The normalized spacial score (nSPS) is 12.1. The molecule has 1 amide bonds. The molecule has 5 nitrogen and oxygen atoms in total. The minimum Gasteiger partial charge on any atom is -0.481 e. The molecule has 0 aromatic heterocycles. The first-order chi connectivity index (χ1) is 7.94. The Kier molecular flexibility index (Phi) is 5.86. The van der Waals surface area contributed by atoms with Crippen molar-refractivity contribution in [2.75, 3.05) is 6.54 Å². The van der Waals surface area contributed by atoms with Crippen molar-refractivity contribution in [1.82, 2.24) is 5.32 Å². The smallest absolute Gasteiger partial charge is 0.311 e. The summed E-state index contributed by atoms with van der Waals surface area (Å²) >= 11 is 0.948. The fourth-order valence-corrected chi connectivity index (χ4v) is 2.02. The van der Waals surface area contributed by atoms with Crippen LogP contribution in [0.1, 0.15) is 41.0 Å². The van der Waals surface area contributed by atoms with Gasteiger partial charge in [0.2, 0.25) is 11.0 Å². The van der Waals surface area contributed by atoms with Gasteiger partial charge in [-0.3, -0.25) is 14.4 Å². The SMILES string of the molecule is CC(C)(CNC(=O)C(C)(C)C)SC(=O)CC(=O)O. The summed E-state index contributed by atoms with van der Waals surface area (Å²) in [4.78, 5) is 33.4. The highest BCUT2D eigenvalue weighted by molar-refractivity contribution is 8.14. The molecule has 0 aliphatic rings. The van der Waals surface area contributed by atoms with Crippen molar-refractivity contribution < 1.29 is 19.5 Å². The third-order valence-corrected chi connectivity index (χ3v) is 3.11. The van der Waals surface area contributed by atoms with Gasteiger partial charge in [-0.1, -0.05) is 32.5 Å². The molecular weight excluding hydrogens is 254 g/mol. The van der Waals surface area contributed by atoms with Gasteiger partial charge in [-0.15, -0.1) is 0 Å². The van der Waals surface area contributed by atoms with E-state index in [0.717, 1.165) is 11.8 Å². The summed E-state index contributed by atoms with van der Waals surface area (Å²) < 4.78 is -0.520. The van der Waals surface area contributed by atoms with Crippen LogP contribution < -0.4 is 5.32 Å². The fraction of sp³-hybridized carbons (Fsp3) is 0.750. The Morgan fingerprint density at radius 2 is 1.61 bits per heavy atom. The largest absolute Gasteiger partial charge is 0.481 e. The molecule has 0 aliphatic carbocycles. The molecule has 0 rings (SSSR count). The van der Waals surface area contributed by atoms with Gasteiger partial charge in [0, 0.05) is 16.7 Å². The number of amides is 1.